The van der Waals surface area contributed by atoms with E-state index in [1.54, 1.807) is 7.11 Å². The summed E-state index contributed by atoms with van der Waals surface area (Å²) in [7, 11) is 1.64. The molecule has 0 saturated heterocycles. The standard InChI is InChI=1S/C14H28N2O2/c1-11-8-12(2)10-13(9-11)15-5-4-14(17)16-6-7-18-3/h11-13,15H,4-10H2,1-3H3,(H,16,17)/t11-,12-/m0/s1. The first kappa shape index (κ1) is 15.4. The van der Waals surface area contributed by atoms with Gasteiger partial charge in [-0.25, -0.2) is 0 Å². The van der Waals surface area contributed by atoms with Gasteiger partial charge in [-0.15, -0.1) is 0 Å². The summed E-state index contributed by atoms with van der Waals surface area (Å²) in [4.78, 5) is 11.5. The Morgan fingerprint density at radius 2 is 1.83 bits per heavy atom. The Kier molecular flexibility index (Phi) is 7.28. The number of carbonyl (C=O) groups excluding carboxylic acids is 1. The molecule has 0 aromatic heterocycles. The minimum atomic E-state index is 0.108. The van der Waals surface area contributed by atoms with Crippen LogP contribution in [-0.2, 0) is 9.53 Å². The highest BCUT2D eigenvalue weighted by Crippen LogP contribution is 2.28. The smallest absolute Gasteiger partial charge is 0.221 e. The van der Waals surface area contributed by atoms with E-state index in [-0.39, 0.29) is 5.91 Å². The maximum Gasteiger partial charge on any atom is 0.221 e. The molecule has 0 radical (unpaired) electrons. The molecule has 0 heterocycles. The fourth-order valence-corrected chi connectivity index (χ4v) is 2.88. The lowest BCUT2D eigenvalue weighted by Gasteiger charge is -2.32. The second kappa shape index (κ2) is 8.48. The lowest BCUT2D eigenvalue weighted by atomic mass is 9.80. The number of hydrogen-bond donors (Lipinski definition) is 2. The molecule has 0 spiro atoms. The molecule has 18 heavy (non-hydrogen) atoms. The van der Waals surface area contributed by atoms with Gasteiger partial charge < -0.3 is 15.4 Å². The Morgan fingerprint density at radius 3 is 2.44 bits per heavy atom. The van der Waals surface area contributed by atoms with Gasteiger partial charge in [0.25, 0.3) is 0 Å². The summed E-state index contributed by atoms with van der Waals surface area (Å²) in [5.41, 5.74) is 0. The summed E-state index contributed by atoms with van der Waals surface area (Å²) in [6, 6.07) is 0.593. The topological polar surface area (TPSA) is 50.4 Å². The Balaban J connectivity index is 2.08. The molecule has 106 valence electrons. The van der Waals surface area contributed by atoms with E-state index in [9.17, 15) is 4.79 Å². The van der Waals surface area contributed by atoms with Crippen molar-refractivity contribution in [2.75, 3.05) is 26.8 Å². The first-order valence-electron chi connectivity index (χ1n) is 7.10. The van der Waals surface area contributed by atoms with E-state index in [1.807, 2.05) is 0 Å². The summed E-state index contributed by atoms with van der Waals surface area (Å²) in [6.45, 7) is 6.61. The largest absolute Gasteiger partial charge is 0.383 e. The Hall–Kier alpha value is -0.610. The third-order valence-corrected chi connectivity index (χ3v) is 3.59. The van der Waals surface area contributed by atoms with Gasteiger partial charge in [-0.2, -0.15) is 0 Å². The fraction of sp³-hybridized carbons (Fsp3) is 0.929. The van der Waals surface area contributed by atoms with Crippen LogP contribution in [0.3, 0.4) is 0 Å². The average molecular weight is 256 g/mol. The highest BCUT2D eigenvalue weighted by atomic mass is 16.5. The Labute approximate surface area is 111 Å². The van der Waals surface area contributed by atoms with Crippen molar-refractivity contribution >= 4 is 5.91 Å². The molecule has 1 rings (SSSR count). The van der Waals surface area contributed by atoms with Crippen molar-refractivity contribution in [3.63, 3.8) is 0 Å². The van der Waals surface area contributed by atoms with Crippen LogP contribution in [0.5, 0.6) is 0 Å². The molecule has 2 N–H and O–H groups in total. The van der Waals surface area contributed by atoms with Crippen molar-refractivity contribution in [2.45, 2.75) is 45.6 Å². The second-order valence-electron chi connectivity index (χ2n) is 5.66. The van der Waals surface area contributed by atoms with Gasteiger partial charge in [0.1, 0.15) is 0 Å². The average Bonchev–Trinajstić information content (AvgIpc) is 2.28. The molecule has 2 atom stereocenters. The molecule has 0 unspecified atom stereocenters. The molecule has 1 amide bonds. The molecule has 1 fully saturated rings. The van der Waals surface area contributed by atoms with E-state index in [1.165, 1.54) is 19.3 Å². The highest BCUT2D eigenvalue weighted by molar-refractivity contribution is 5.76. The van der Waals surface area contributed by atoms with Crippen molar-refractivity contribution in [3.8, 4) is 0 Å². The van der Waals surface area contributed by atoms with E-state index >= 15 is 0 Å². The normalized spacial score (nSPS) is 28.1. The van der Waals surface area contributed by atoms with Crippen LogP contribution in [0.25, 0.3) is 0 Å². The molecular formula is C14H28N2O2. The van der Waals surface area contributed by atoms with Crippen molar-refractivity contribution in [3.05, 3.63) is 0 Å². The quantitative estimate of drug-likeness (QED) is 0.680. The maximum atomic E-state index is 11.5. The van der Waals surface area contributed by atoms with Gasteiger partial charge in [-0.3, -0.25) is 4.79 Å². The molecular weight excluding hydrogens is 228 g/mol. The summed E-state index contributed by atoms with van der Waals surface area (Å²) in [6.07, 6.45) is 4.39. The number of carbonyl (C=O) groups is 1. The van der Waals surface area contributed by atoms with Gasteiger partial charge in [0, 0.05) is 32.7 Å². The zero-order chi connectivity index (χ0) is 13.4. The first-order chi connectivity index (χ1) is 8.61. The molecule has 0 aliphatic heterocycles. The minimum Gasteiger partial charge on any atom is -0.383 e. The molecule has 4 nitrogen and oxygen atoms in total. The lowest BCUT2D eigenvalue weighted by Crippen LogP contribution is -2.38. The predicted molar refractivity (Wildman–Crippen MR) is 73.5 cm³/mol. The zero-order valence-corrected chi connectivity index (χ0v) is 12.0. The van der Waals surface area contributed by atoms with Crippen LogP contribution in [0.4, 0.5) is 0 Å². The van der Waals surface area contributed by atoms with Crippen LogP contribution in [0, 0.1) is 11.8 Å². The maximum absolute atomic E-state index is 11.5. The molecule has 1 aliphatic carbocycles. The van der Waals surface area contributed by atoms with E-state index in [0.29, 0.717) is 25.6 Å². The summed E-state index contributed by atoms with van der Waals surface area (Å²) in [5.74, 6) is 1.72. The van der Waals surface area contributed by atoms with Crippen LogP contribution in [0.1, 0.15) is 39.5 Å². The van der Waals surface area contributed by atoms with Gasteiger partial charge in [0.15, 0.2) is 0 Å². The summed E-state index contributed by atoms with van der Waals surface area (Å²) in [5, 5.41) is 6.35. The van der Waals surface area contributed by atoms with Crippen molar-refractivity contribution in [1.29, 1.82) is 0 Å². The molecule has 0 bridgehead atoms. The van der Waals surface area contributed by atoms with Crippen LogP contribution >= 0.6 is 0 Å². The molecule has 0 aromatic rings. The Morgan fingerprint density at radius 1 is 1.17 bits per heavy atom. The van der Waals surface area contributed by atoms with Gasteiger partial charge in [0.05, 0.1) is 6.61 Å². The predicted octanol–water partition coefficient (Wildman–Crippen LogP) is 1.55. The van der Waals surface area contributed by atoms with Crippen molar-refractivity contribution < 1.29 is 9.53 Å². The van der Waals surface area contributed by atoms with Gasteiger partial charge in [-0.05, 0) is 31.1 Å². The van der Waals surface area contributed by atoms with Crippen LogP contribution in [-0.4, -0.2) is 38.8 Å². The highest BCUT2D eigenvalue weighted by Gasteiger charge is 2.23. The SMILES string of the molecule is COCCNC(=O)CCNC1C[C@@H](C)C[C@H](C)C1. The van der Waals surface area contributed by atoms with Gasteiger partial charge in [-0.1, -0.05) is 13.8 Å². The monoisotopic (exact) mass is 256 g/mol. The number of nitrogens with one attached hydrogen (secondary N) is 2. The van der Waals surface area contributed by atoms with Crippen LogP contribution in [0.2, 0.25) is 0 Å². The number of methoxy groups -OCH3 is 1. The Bertz CT molecular complexity index is 236. The third-order valence-electron chi connectivity index (χ3n) is 3.59. The number of rotatable bonds is 7. The minimum absolute atomic E-state index is 0.108. The van der Waals surface area contributed by atoms with E-state index in [4.69, 9.17) is 4.74 Å². The molecule has 1 aliphatic rings. The third kappa shape index (κ3) is 6.36. The van der Waals surface area contributed by atoms with Crippen LogP contribution in [0.15, 0.2) is 0 Å². The fourth-order valence-electron chi connectivity index (χ4n) is 2.88. The van der Waals surface area contributed by atoms with Crippen molar-refractivity contribution in [2.24, 2.45) is 11.8 Å². The molecule has 1 saturated carbocycles. The van der Waals surface area contributed by atoms with E-state index < -0.39 is 0 Å². The zero-order valence-electron chi connectivity index (χ0n) is 12.0. The first-order valence-corrected chi connectivity index (χ1v) is 7.10. The number of amides is 1. The molecule has 4 heteroatoms. The van der Waals surface area contributed by atoms with Gasteiger partial charge >= 0.3 is 0 Å². The molecule has 0 aromatic carbocycles. The van der Waals surface area contributed by atoms with Gasteiger partial charge in [0.2, 0.25) is 5.91 Å². The van der Waals surface area contributed by atoms with E-state index in [2.05, 4.69) is 24.5 Å². The summed E-state index contributed by atoms with van der Waals surface area (Å²) < 4.78 is 4.89. The number of hydrogen-bond acceptors (Lipinski definition) is 3. The summed E-state index contributed by atoms with van der Waals surface area (Å²) >= 11 is 0. The number of ether oxygens (including phenoxy) is 1. The second-order valence-corrected chi connectivity index (χ2v) is 5.66. The van der Waals surface area contributed by atoms with Crippen molar-refractivity contribution in [1.82, 2.24) is 10.6 Å². The van der Waals surface area contributed by atoms with Crippen LogP contribution < -0.4 is 10.6 Å². The lowest BCUT2D eigenvalue weighted by molar-refractivity contribution is -0.121. The van der Waals surface area contributed by atoms with E-state index in [0.717, 1.165) is 18.4 Å².